The van der Waals surface area contributed by atoms with Crippen molar-refractivity contribution in [2.24, 2.45) is 11.8 Å². The minimum absolute atomic E-state index is 0.0138. The van der Waals surface area contributed by atoms with Crippen LogP contribution in [-0.2, 0) is 58.3 Å². The van der Waals surface area contributed by atoms with Gasteiger partial charge in [-0.15, -0.1) is 0 Å². The van der Waals surface area contributed by atoms with Crippen LogP contribution in [0.25, 0.3) is 11.1 Å². The molecule has 0 bridgehead atoms. The second-order valence-corrected chi connectivity index (χ2v) is 15.0. The van der Waals surface area contributed by atoms with Crippen LogP contribution in [0, 0.1) is 11.8 Å². The molecule has 258 valence electrons. The highest BCUT2D eigenvalue weighted by Gasteiger charge is 2.51. The van der Waals surface area contributed by atoms with Crippen molar-refractivity contribution >= 4 is 55.2 Å². The zero-order valence-corrected chi connectivity index (χ0v) is 27.2. The molecule has 2 aromatic heterocycles. The number of carbonyl (C=O) groups is 2. The van der Waals surface area contributed by atoms with E-state index in [4.69, 9.17) is 54.4 Å². The molecule has 0 radical (unpaired) electrons. The van der Waals surface area contributed by atoms with E-state index in [9.17, 15) is 38.5 Å². The predicted octanol–water partition coefficient (Wildman–Crippen LogP) is 0.559. The van der Waals surface area contributed by atoms with Gasteiger partial charge < -0.3 is 53.7 Å². The maximum absolute atomic E-state index is 15.0. The van der Waals surface area contributed by atoms with Crippen LogP contribution in [-0.4, -0.2) is 103 Å². The Hall–Kier alpha value is -2.26. The van der Waals surface area contributed by atoms with Crippen molar-refractivity contribution in [1.82, 2.24) is 15.1 Å². The summed E-state index contributed by atoms with van der Waals surface area (Å²) in [5, 5.41) is 24.9. The molecule has 0 aromatic carbocycles. The number of anilines is 1. The molecule has 0 aliphatic carbocycles. The number of aliphatic hydroxyl groups excluding tert-OH is 2. The van der Waals surface area contributed by atoms with Crippen molar-refractivity contribution in [3.8, 4) is 0 Å². The third-order valence-corrected chi connectivity index (χ3v) is 10.8. The predicted molar refractivity (Wildman–Crippen MR) is 152 cm³/mol. The summed E-state index contributed by atoms with van der Waals surface area (Å²) in [5.74, 6) is -2.99. The first-order chi connectivity index (χ1) is 21.4. The summed E-state index contributed by atoms with van der Waals surface area (Å²) < 4.78 is 69.0. The molecule has 0 saturated carbocycles. The summed E-state index contributed by atoms with van der Waals surface area (Å²) >= 11 is 4.83. The molecule has 23 heteroatoms. The fraction of sp³-hybridized carbons (Fsp3) is 0.696. The number of hydrogen-bond acceptors (Lipinski definition) is 18. The highest BCUT2D eigenvalue weighted by atomic mass is 32.5. The van der Waals surface area contributed by atoms with Crippen molar-refractivity contribution in [1.29, 1.82) is 0 Å². The van der Waals surface area contributed by atoms with Gasteiger partial charge >= 0.3 is 26.5 Å². The second-order valence-electron chi connectivity index (χ2n) is 10.6. The molecule has 46 heavy (non-hydrogen) atoms. The van der Waals surface area contributed by atoms with Crippen LogP contribution in [0.1, 0.15) is 39.5 Å². The van der Waals surface area contributed by atoms with E-state index in [2.05, 4.69) is 15.1 Å². The molecule has 5 unspecified atom stereocenters. The first-order valence-electron chi connectivity index (χ1n) is 13.6. The highest BCUT2D eigenvalue weighted by molar-refractivity contribution is 8.08. The molecule has 2 saturated heterocycles. The smallest absolute Gasteiger partial charge is 0.463 e. The lowest BCUT2D eigenvalue weighted by molar-refractivity contribution is -0.262. The van der Waals surface area contributed by atoms with Crippen LogP contribution in [0.3, 0.4) is 0 Å². The third-order valence-electron chi connectivity index (χ3n) is 7.32. The zero-order valence-electron chi connectivity index (χ0n) is 24.6. The summed E-state index contributed by atoms with van der Waals surface area (Å²) in [6.07, 6.45) is -11.3. The van der Waals surface area contributed by atoms with Crippen LogP contribution < -0.4 is 5.73 Å². The van der Waals surface area contributed by atoms with E-state index in [-0.39, 0.29) is 22.6 Å². The molecule has 0 spiro atoms. The fourth-order valence-electron chi connectivity index (χ4n) is 4.92. The number of nitrogen functional groups attached to an aromatic ring is 1. The number of phosphoric acid groups is 1. The van der Waals surface area contributed by atoms with Crippen molar-refractivity contribution in [2.45, 2.75) is 76.8 Å². The summed E-state index contributed by atoms with van der Waals surface area (Å²) in [7, 11) is -5.42. The minimum Gasteiger partial charge on any atom is -0.463 e. The van der Waals surface area contributed by atoms with Crippen molar-refractivity contribution < 1.29 is 75.4 Å². The SMILES string of the molecule is CC(=O)OC[C@H](F)C1O[C@@H](OP(=O)(O)OP(O)(=S)OC[C@H]2O[C@@H](c3noc4c(N)ncnc34)C(O)[C@H]2O)[C@H](OC(C)=O)C(C)[C@@H]1C. The molecular formula is C23H33FN4O15P2S. The summed E-state index contributed by atoms with van der Waals surface area (Å²) in [6, 6.07) is 0. The number of ether oxygens (including phenoxy) is 4. The topological polar surface area (TPSA) is 275 Å². The lowest BCUT2D eigenvalue weighted by Gasteiger charge is -2.44. The number of nitrogens with two attached hydrogens (primary N) is 1. The normalized spacial score (nSPS) is 33.2. The molecule has 4 heterocycles. The molecule has 2 aliphatic rings. The summed E-state index contributed by atoms with van der Waals surface area (Å²) in [4.78, 5) is 51.7. The monoisotopic (exact) mass is 718 g/mol. The van der Waals surface area contributed by atoms with Crippen molar-refractivity contribution in [3.63, 3.8) is 0 Å². The van der Waals surface area contributed by atoms with Gasteiger partial charge in [-0.05, 0) is 17.7 Å². The van der Waals surface area contributed by atoms with Crippen LogP contribution in [0.15, 0.2) is 10.9 Å². The number of carbonyl (C=O) groups excluding carboxylic acids is 2. The highest BCUT2D eigenvalue weighted by Crippen LogP contribution is 2.62. The van der Waals surface area contributed by atoms with Gasteiger partial charge in [-0.3, -0.25) is 14.1 Å². The lowest BCUT2D eigenvalue weighted by atomic mass is 9.82. The summed E-state index contributed by atoms with van der Waals surface area (Å²) in [5.41, 5.74) is 5.82. The minimum atomic E-state index is -5.42. The number of rotatable bonds is 12. The first-order valence-corrected chi connectivity index (χ1v) is 17.7. The molecule has 12 atom stereocenters. The fourth-order valence-corrected chi connectivity index (χ4v) is 8.01. The van der Waals surface area contributed by atoms with E-state index >= 15 is 0 Å². The Labute approximate surface area is 265 Å². The Morgan fingerprint density at radius 1 is 1.13 bits per heavy atom. The van der Waals surface area contributed by atoms with E-state index in [0.717, 1.165) is 20.2 Å². The van der Waals surface area contributed by atoms with Gasteiger partial charge in [-0.1, -0.05) is 19.0 Å². The van der Waals surface area contributed by atoms with Crippen molar-refractivity contribution in [3.05, 3.63) is 12.0 Å². The first kappa shape index (κ1) is 36.6. The number of halogens is 1. The van der Waals surface area contributed by atoms with Gasteiger partial charge in [0.15, 0.2) is 18.1 Å². The Morgan fingerprint density at radius 2 is 1.83 bits per heavy atom. The van der Waals surface area contributed by atoms with Gasteiger partial charge in [-0.25, -0.2) is 23.2 Å². The van der Waals surface area contributed by atoms with E-state index in [1.165, 1.54) is 0 Å². The molecule has 19 nitrogen and oxygen atoms in total. The van der Waals surface area contributed by atoms with Gasteiger partial charge in [0.25, 0.3) is 0 Å². The van der Waals surface area contributed by atoms with E-state index < -0.39 is 101 Å². The van der Waals surface area contributed by atoms with E-state index in [0.29, 0.717) is 0 Å². The van der Waals surface area contributed by atoms with Crippen LogP contribution >= 0.6 is 14.5 Å². The quantitative estimate of drug-likeness (QED) is 0.148. The average Bonchev–Trinajstić information content (AvgIpc) is 3.50. The molecule has 4 rings (SSSR count). The molecule has 2 fully saturated rings. The number of alkyl halides is 1. The standard InChI is InChI=1S/C23H33FN4O15P2S/c1-8-9(2)19(38-11(4)30)23(40-18(8)12(24)5-36-10(3)29)42-44(33,34)43-45(35,46)37-6-13-16(31)17(32)20(39-13)15-14-21(41-28-15)22(25)27-7-26-14/h7-9,12-13,16-20,23,31-32H,5-6H2,1-4H3,(H,33,34)(H,35,46)(H2,25,26,27)/t8-,9?,12-,13+,16-,17?,18?,19+,20-,23-,45?/m0/s1. The van der Waals surface area contributed by atoms with Crippen molar-refractivity contribution in [2.75, 3.05) is 18.9 Å². The summed E-state index contributed by atoms with van der Waals surface area (Å²) in [6.45, 7) is -0.890. The number of fused-ring (bicyclic) bond motifs is 1. The number of aromatic nitrogens is 3. The van der Waals surface area contributed by atoms with Gasteiger partial charge in [0.2, 0.25) is 11.9 Å². The molecule has 0 amide bonds. The Balaban J connectivity index is 1.42. The molecule has 2 aromatic rings. The van der Waals surface area contributed by atoms with Gasteiger partial charge in [0, 0.05) is 19.8 Å². The number of nitrogens with zero attached hydrogens (tertiary/aromatic N) is 3. The number of aliphatic hydroxyl groups is 2. The largest absolute Gasteiger partial charge is 0.481 e. The number of esters is 2. The lowest BCUT2D eigenvalue weighted by Crippen LogP contribution is -2.55. The molecule has 6 N–H and O–H groups in total. The van der Waals surface area contributed by atoms with Gasteiger partial charge in [0.05, 0.1) is 12.7 Å². The van der Waals surface area contributed by atoms with Crippen LogP contribution in [0.5, 0.6) is 0 Å². The van der Waals surface area contributed by atoms with Crippen LogP contribution in [0.4, 0.5) is 10.2 Å². The maximum Gasteiger partial charge on any atom is 0.481 e. The third kappa shape index (κ3) is 8.41. The Morgan fingerprint density at radius 3 is 2.48 bits per heavy atom. The molecular weight excluding hydrogens is 685 g/mol. The van der Waals surface area contributed by atoms with E-state index in [1.807, 2.05) is 0 Å². The molecule has 2 aliphatic heterocycles. The van der Waals surface area contributed by atoms with Crippen LogP contribution in [0.2, 0.25) is 0 Å². The Bertz CT molecular complexity index is 1520. The average molecular weight is 719 g/mol. The van der Waals surface area contributed by atoms with Gasteiger partial charge in [0.1, 0.15) is 48.6 Å². The maximum atomic E-state index is 15.0. The Kier molecular flexibility index (Phi) is 11.5. The second kappa shape index (κ2) is 14.5. The van der Waals surface area contributed by atoms with Gasteiger partial charge in [-0.2, -0.15) is 0 Å². The number of hydrogen-bond donors (Lipinski definition) is 5. The zero-order chi connectivity index (χ0) is 34.1. The number of phosphoric ester groups is 1. The van der Waals surface area contributed by atoms with E-state index in [1.54, 1.807) is 13.8 Å².